The lowest BCUT2D eigenvalue weighted by atomic mass is 10.5. The maximum atomic E-state index is 5.63. The molecule has 0 spiro atoms. The molecular weight excluding hydrogens is 236 g/mol. The summed E-state index contributed by atoms with van der Waals surface area (Å²) >= 11 is 1.64. The molecule has 2 aromatic rings. The van der Waals surface area contributed by atoms with Gasteiger partial charge < -0.3 is 16.0 Å². The van der Waals surface area contributed by atoms with E-state index in [0.29, 0.717) is 11.9 Å². The van der Waals surface area contributed by atoms with Gasteiger partial charge in [0.15, 0.2) is 0 Å². The van der Waals surface area contributed by atoms with Crippen molar-refractivity contribution in [2.24, 2.45) is 0 Å². The smallest absolute Gasteiger partial charge is 0.234 e. The molecule has 2 heterocycles. The first-order valence-corrected chi connectivity index (χ1v) is 5.88. The van der Waals surface area contributed by atoms with E-state index in [2.05, 4.69) is 20.3 Å². The summed E-state index contributed by atoms with van der Waals surface area (Å²) in [7, 11) is 3.71. The molecule has 0 atom stereocenters. The first kappa shape index (κ1) is 11.6. The highest BCUT2D eigenvalue weighted by Crippen LogP contribution is 2.23. The van der Waals surface area contributed by atoms with Gasteiger partial charge in [-0.05, 0) is 19.1 Å². The summed E-state index contributed by atoms with van der Waals surface area (Å²) in [4.78, 5) is 15.3. The maximum Gasteiger partial charge on any atom is 0.234 e. The second-order valence-corrected chi connectivity index (χ2v) is 5.03. The Bertz CT molecular complexity index is 521. The maximum absolute atomic E-state index is 5.63. The number of anilines is 4. The highest BCUT2D eigenvalue weighted by molar-refractivity contribution is 7.16. The number of nitrogens with one attached hydrogen (secondary N) is 1. The molecule has 17 heavy (non-hydrogen) atoms. The number of nitrogen functional groups attached to an aromatic ring is 1. The zero-order valence-electron chi connectivity index (χ0n) is 9.93. The van der Waals surface area contributed by atoms with Gasteiger partial charge in [-0.1, -0.05) is 0 Å². The fourth-order valence-electron chi connectivity index (χ4n) is 1.25. The molecule has 0 amide bonds. The Morgan fingerprint density at radius 2 is 2.00 bits per heavy atom. The molecule has 0 aliphatic heterocycles. The van der Waals surface area contributed by atoms with Crippen LogP contribution in [0.2, 0.25) is 0 Å². The Hall–Kier alpha value is -1.89. The molecule has 6 nitrogen and oxygen atoms in total. The van der Waals surface area contributed by atoms with Crippen LogP contribution in [0.25, 0.3) is 0 Å². The minimum atomic E-state index is 0.208. The van der Waals surface area contributed by atoms with Crippen LogP contribution in [0.3, 0.4) is 0 Å². The van der Waals surface area contributed by atoms with Crippen LogP contribution in [0.1, 0.15) is 4.88 Å². The topological polar surface area (TPSA) is 80.0 Å². The highest BCUT2D eigenvalue weighted by Gasteiger charge is 2.06. The second-order valence-electron chi connectivity index (χ2n) is 3.75. The van der Waals surface area contributed by atoms with Crippen LogP contribution < -0.4 is 16.0 Å². The normalized spacial score (nSPS) is 10.3. The van der Waals surface area contributed by atoms with Crippen LogP contribution in [0.4, 0.5) is 22.8 Å². The van der Waals surface area contributed by atoms with Gasteiger partial charge in [-0.25, -0.2) is 0 Å². The third-order valence-corrected chi connectivity index (χ3v) is 2.93. The quantitative estimate of drug-likeness (QED) is 0.862. The molecule has 0 aromatic carbocycles. The number of hydrogen-bond acceptors (Lipinski definition) is 7. The number of aromatic nitrogens is 3. The van der Waals surface area contributed by atoms with Crippen molar-refractivity contribution in [3.05, 3.63) is 17.0 Å². The van der Waals surface area contributed by atoms with Crippen molar-refractivity contribution in [3.63, 3.8) is 0 Å². The lowest BCUT2D eigenvalue weighted by molar-refractivity contribution is 0.970. The molecule has 0 bridgehead atoms. The van der Waals surface area contributed by atoms with Gasteiger partial charge in [0.05, 0.1) is 5.00 Å². The van der Waals surface area contributed by atoms with Crippen molar-refractivity contribution >= 4 is 34.2 Å². The Labute approximate surface area is 104 Å². The summed E-state index contributed by atoms with van der Waals surface area (Å²) in [6.45, 7) is 2.04. The summed E-state index contributed by atoms with van der Waals surface area (Å²) in [5.74, 6) is 1.20. The second kappa shape index (κ2) is 4.54. The molecule has 0 radical (unpaired) electrons. The predicted octanol–water partition coefficient (Wildman–Crippen LogP) is 1.63. The van der Waals surface area contributed by atoms with Crippen molar-refractivity contribution < 1.29 is 0 Å². The third kappa shape index (κ3) is 2.82. The number of nitrogens with two attached hydrogens (primary N) is 1. The van der Waals surface area contributed by atoms with E-state index in [1.54, 1.807) is 16.2 Å². The van der Waals surface area contributed by atoms with E-state index in [1.165, 1.54) is 4.88 Å². The number of aryl methyl sites for hydroxylation is 1. The Morgan fingerprint density at radius 1 is 1.24 bits per heavy atom. The number of rotatable bonds is 3. The van der Waals surface area contributed by atoms with Crippen LogP contribution in [-0.4, -0.2) is 29.0 Å². The monoisotopic (exact) mass is 250 g/mol. The first-order valence-electron chi connectivity index (χ1n) is 5.07. The van der Waals surface area contributed by atoms with Crippen LogP contribution in [0.5, 0.6) is 0 Å². The highest BCUT2D eigenvalue weighted by atomic mass is 32.1. The van der Waals surface area contributed by atoms with Gasteiger partial charge >= 0.3 is 0 Å². The average Bonchev–Trinajstić information content (AvgIpc) is 2.63. The predicted molar refractivity (Wildman–Crippen MR) is 70.9 cm³/mol. The first-order chi connectivity index (χ1) is 8.04. The van der Waals surface area contributed by atoms with Crippen molar-refractivity contribution in [3.8, 4) is 0 Å². The van der Waals surface area contributed by atoms with Crippen LogP contribution in [0, 0.1) is 6.92 Å². The summed E-state index contributed by atoms with van der Waals surface area (Å²) in [6, 6.07) is 4.01. The van der Waals surface area contributed by atoms with Gasteiger partial charge in [-0.15, -0.1) is 11.3 Å². The Balaban J connectivity index is 2.26. The van der Waals surface area contributed by atoms with Crippen molar-refractivity contribution in [2.75, 3.05) is 30.0 Å². The van der Waals surface area contributed by atoms with Gasteiger partial charge in [-0.2, -0.15) is 15.0 Å². The molecule has 0 fully saturated rings. The molecule has 0 aliphatic carbocycles. The Morgan fingerprint density at radius 3 is 2.59 bits per heavy atom. The van der Waals surface area contributed by atoms with Gasteiger partial charge in [0.2, 0.25) is 17.8 Å². The molecule has 0 saturated carbocycles. The average molecular weight is 250 g/mol. The minimum Gasteiger partial charge on any atom is -0.368 e. The van der Waals surface area contributed by atoms with Gasteiger partial charge in [-0.3, -0.25) is 0 Å². The van der Waals surface area contributed by atoms with Crippen LogP contribution >= 0.6 is 11.3 Å². The standard InChI is InChI=1S/C10H14N6S/c1-6-4-5-7(17-6)12-9-13-8(11)14-10(15-9)16(2)3/h4-5H,1-3H3,(H3,11,12,13,14,15). The molecule has 3 N–H and O–H groups in total. The number of nitrogens with zero attached hydrogens (tertiary/aromatic N) is 4. The fraction of sp³-hybridized carbons (Fsp3) is 0.300. The number of thiophene rings is 1. The van der Waals surface area contributed by atoms with E-state index >= 15 is 0 Å². The fourth-order valence-corrected chi connectivity index (χ4v) is 2.01. The van der Waals surface area contributed by atoms with Crippen molar-refractivity contribution in [2.45, 2.75) is 6.92 Å². The van der Waals surface area contributed by atoms with Gasteiger partial charge in [0.25, 0.3) is 0 Å². The zero-order chi connectivity index (χ0) is 12.4. The zero-order valence-corrected chi connectivity index (χ0v) is 10.7. The molecule has 2 rings (SSSR count). The van der Waals surface area contributed by atoms with Crippen molar-refractivity contribution in [1.82, 2.24) is 15.0 Å². The summed E-state index contributed by atoms with van der Waals surface area (Å²) in [6.07, 6.45) is 0. The van der Waals surface area contributed by atoms with E-state index in [-0.39, 0.29) is 5.95 Å². The van der Waals surface area contributed by atoms with E-state index in [4.69, 9.17) is 5.73 Å². The van der Waals surface area contributed by atoms with Gasteiger partial charge in [0.1, 0.15) is 0 Å². The molecule has 0 aliphatic rings. The van der Waals surface area contributed by atoms with Crippen molar-refractivity contribution in [1.29, 1.82) is 0 Å². The SMILES string of the molecule is Cc1ccc(Nc2nc(N)nc(N(C)C)n2)s1. The van der Waals surface area contributed by atoms with Crippen LogP contribution in [-0.2, 0) is 0 Å². The molecular formula is C10H14N6S. The summed E-state index contributed by atoms with van der Waals surface area (Å²) in [5, 5.41) is 4.09. The lowest BCUT2D eigenvalue weighted by Gasteiger charge is -2.11. The van der Waals surface area contributed by atoms with E-state index in [1.807, 2.05) is 33.2 Å². The van der Waals surface area contributed by atoms with Gasteiger partial charge in [0, 0.05) is 19.0 Å². The van der Waals surface area contributed by atoms with E-state index in [9.17, 15) is 0 Å². The van der Waals surface area contributed by atoms with Crippen LogP contribution in [0.15, 0.2) is 12.1 Å². The largest absolute Gasteiger partial charge is 0.368 e. The van der Waals surface area contributed by atoms with E-state index in [0.717, 1.165) is 5.00 Å². The van der Waals surface area contributed by atoms with E-state index < -0.39 is 0 Å². The summed E-state index contributed by atoms with van der Waals surface area (Å²) in [5.41, 5.74) is 5.63. The molecule has 2 aromatic heterocycles. The molecule has 0 unspecified atom stereocenters. The molecule has 0 saturated heterocycles. The number of hydrogen-bond donors (Lipinski definition) is 2. The lowest BCUT2D eigenvalue weighted by Crippen LogP contribution is -2.15. The third-order valence-electron chi connectivity index (χ3n) is 2.02. The Kier molecular flexibility index (Phi) is 3.10. The molecule has 7 heteroatoms. The molecule has 90 valence electrons. The summed E-state index contributed by atoms with van der Waals surface area (Å²) < 4.78 is 0. The minimum absolute atomic E-state index is 0.208.